The van der Waals surface area contributed by atoms with Crippen LogP contribution in [0.25, 0.3) is 10.9 Å². The molecule has 2 radical (unpaired) electrons. The Morgan fingerprint density at radius 1 is 1.35 bits per heavy atom. The summed E-state index contributed by atoms with van der Waals surface area (Å²) < 4.78 is 41.0. The van der Waals surface area contributed by atoms with E-state index >= 15 is 0 Å². The molecule has 1 aromatic heterocycles. The van der Waals surface area contributed by atoms with Crippen LogP contribution in [-0.2, 0) is 17.8 Å². The van der Waals surface area contributed by atoms with Gasteiger partial charge in [0.2, 0.25) is 0 Å². The van der Waals surface area contributed by atoms with Gasteiger partial charge in [-0.15, -0.1) is 0 Å². The molecule has 3 nitrogen and oxygen atoms in total. The SMILES string of the molecule is [B]c1ccc2c(C/C(=N\OC)C(F)(F)F)cn(CC(C)C)c2c1. The minimum atomic E-state index is -4.53. The van der Waals surface area contributed by atoms with Crippen molar-refractivity contribution in [1.82, 2.24) is 4.57 Å². The zero-order valence-electron chi connectivity index (χ0n) is 13.3. The summed E-state index contributed by atoms with van der Waals surface area (Å²) in [6, 6.07) is 5.21. The number of rotatable bonds is 5. The van der Waals surface area contributed by atoms with Crippen LogP contribution >= 0.6 is 0 Å². The highest BCUT2D eigenvalue weighted by molar-refractivity contribution is 6.33. The zero-order chi connectivity index (χ0) is 17.2. The molecule has 122 valence electrons. The Bertz CT molecular complexity index is 720. The van der Waals surface area contributed by atoms with E-state index in [2.05, 4.69) is 9.99 Å². The van der Waals surface area contributed by atoms with E-state index in [9.17, 15) is 13.2 Å². The first kappa shape index (κ1) is 17.4. The van der Waals surface area contributed by atoms with Crippen LogP contribution in [0, 0.1) is 5.92 Å². The molecule has 0 fully saturated rings. The molecule has 1 heterocycles. The van der Waals surface area contributed by atoms with Crippen LogP contribution < -0.4 is 5.46 Å². The molecule has 0 atom stereocenters. The van der Waals surface area contributed by atoms with E-state index in [0.29, 0.717) is 23.5 Å². The third kappa shape index (κ3) is 4.09. The van der Waals surface area contributed by atoms with E-state index in [1.807, 2.05) is 18.4 Å². The average molecular weight is 322 g/mol. The Morgan fingerprint density at radius 2 is 2.04 bits per heavy atom. The van der Waals surface area contributed by atoms with E-state index in [1.54, 1.807) is 24.4 Å². The summed E-state index contributed by atoms with van der Waals surface area (Å²) in [6.07, 6.45) is -3.14. The van der Waals surface area contributed by atoms with Crippen molar-refractivity contribution in [3.8, 4) is 0 Å². The van der Waals surface area contributed by atoms with Gasteiger partial charge in [0, 0.05) is 30.1 Å². The summed E-state index contributed by atoms with van der Waals surface area (Å²) in [4.78, 5) is 4.35. The lowest BCUT2D eigenvalue weighted by molar-refractivity contribution is -0.0629. The van der Waals surface area contributed by atoms with Gasteiger partial charge in [-0.25, -0.2) is 0 Å². The molecule has 0 bridgehead atoms. The lowest BCUT2D eigenvalue weighted by atomic mass is 9.94. The fourth-order valence-corrected chi connectivity index (χ4v) is 2.55. The second kappa shape index (κ2) is 6.68. The molecule has 0 unspecified atom stereocenters. The second-order valence-corrected chi connectivity index (χ2v) is 5.87. The molecule has 7 heteroatoms. The molecule has 0 saturated carbocycles. The first-order valence-corrected chi connectivity index (χ1v) is 7.26. The summed E-state index contributed by atoms with van der Waals surface area (Å²) in [5.74, 6) is 0.356. The van der Waals surface area contributed by atoms with E-state index in [0.717, 1.165) is 18.0 Å². The lowest BCUT2D eigenvalue weighted by Crippen LogP contribution is -2.25. The number of hydrogen-bond donors (Lipinski definition) is 0. The first-order valence-electron chi connectivity index (χ1n) is 7.26. The predicted molar refractivity (Wildman–Crippen MR) is 86.4 cm³/mol. The number of hydrogen-bond acceptors (Lipinski definition) is 2. The number of benzene rings is 1. The maximum atomic E-state index is 13.0. The number of alkyl halides is 3. The molecule has 1 aromatic carbocycles. The standard InChI is InChI=1S/C16H18BF3N2O/c1-10(2)8-22-9-11(6-15(21-23-3)16(18,19)20)13-5-4-12(17)7-14(13)22/h4-5,7,9-10H,6,8H2,1-3H3/b21-15+. The minimum Gasteiger partial charge on any atom is -0.399 e. The quantitative estimate of drug-likeness (QED) is 0.472. The van der Waals surface area contributed by atoms with Gasteiger partial charge < -0.3 is 9.40 Å². The van der Waals surface area contributed by atoms with Gasteiger partial charge in [-0.2, -0.15) is 13.2 Å². The number of nitrogens with zero attached hydrogens (tertiary/aromatic N) is 2. The van der Waals surface area contributed by atoms with Crippen molar-refractivity contribution in [2.45, 2.75) is 33.0 Å². The fourth-order valence-electron chi connectivity index (χ4n) is 2.55. The predicted octanol–water partition coefficient (Wildman–Crippen LogP) is 3.20. The van der Waals surface area contributed by atoms with Gasteiger partial charge in [-0.3, -0.25) is 0 Å². The summed E-state index contributed by atoms with van der Waals surface area (Å²) in [5, 5.41) is 3.89. The van der Waals surface area contributed by atoms with Gasteiger partial charge >= 0.3 is 6.18 Å². The van der Waals surface area contributed by atoms with Crippen molar-refractivity contribution < 1.29 is 18.0 Å². The molecule has 0 aliphatic carbocycles. The third-order valence-electron chi connectivity index (χ3n) is 3.44. The van der Waals surface area contributed by atoms with Crippen LogP contribution in [0.2, 0.25) is 0 Å². The van der Waals surface area contributed by atoms with E-state index in [4.69, 9.17) is 7.85 Å². The van der Waals surface area contributed by atoms with Gasteiger partial charge in [0.05, 0.1) is 0 Å². The Labute approximate surface area is 134 Å². The van der Waals surface area contributed by atoms with Crippen molar-refractivity contribution in [2.24, 2.45) is 11.1 Å². The number of fused-ring (bicyclic) bond motifs is 1. The topological polar surface area (TPSA) is 26.5 Å². The van der Waals surface area contributed by atoms with Crippen molar-refractivity contribution in [3.63, 3.8) is 0 Å². The normalized spacial score (nSPS) is 13.1. The van der Waals surface area contributed by atoms with Gasteiger partial charge in [0.25, 0.3) is 0 Å². The molecular formula is C16H18BF3N2O. The molecule has 23 heavy (non-hydrogen) atoms. The summed E-state index contributed by atoms with van der Waals surface area (Å²) in [6.45, 7) is 4.79. The number of oxime groups is 1. The smallest absolute Gasteiger partial charge is 0.399 e. The van der Waals surface area contributed by atoms with Gasteiger partial charge in [-0.05, 0) is 17.5 Å². The highest BCUT2D eigenvalue weighted by Crippen LogP contribution is 2.26. The van der Waals surface area contributed by atoms with Crippen molar-refractivity contribution in [1.29, 1.82) is 0 Å². The first-order chi connectivity index (χ1) is 10.7. The Hall–Kier alpha value is -1.92. The largest absolute Gasteiger partial charge is 0.433 e. The van der Waals surface area contributed by atoms with E-state index in [-0.39, 0.29) is 6.42 Å². The summed E-state index contributed by atoms with van der Waals surface area (Å²) in [5.41, 5.74) is 0.996. The van der Waals surface area contributed by atoms with Gasteiger partial charge in [0.1, 0.15) is 15.0 Å². The van der Waals surface area contributed by atoms with Crippen LogP contribution in [0.1, 0.15) is 19.4 Å². The summed E-state index contributed by atoms with van der Waals surface area (Å²) >= 11 is 0. The maximum Gasteiger partial charge on any atom is 0.433 e. The zero-order valence-corrected chi connectivity index (χ0v) is 13.3. The Morgan fingerprint density at radius 3 is 2.61 bits per heavy atom. The Kier molecular flexibility index (Phi) is 5.07. The van der Waals surface area contributed by atoms with Crippen LogP contribution in [0.15, 0.2) is 29.6 Å². The average Bonchev–Trinajstić information content (AvgIpc) is 2.74. The number of aromatic nitrogens is 1. The summed E-state index contributed by atoms with van der Waals surface area (Å²) in [7, 11) is 6.92. The van der Waals surface area contributed by atoms with Gasteiger partial charge in [-0.1, -0.05) is 36.6 Å². The monoisotopic (exact) mass is 322 g/mol. The van der Waals surface area contributed by atoms with Crippen LogP contribution in [-0.4, -0.2) is 31.4 Å². The molecule has 0 aliphatic heterocycles. The van der Waals surface area contributed by atoms with Crippen LogP contribution in [0.4, 0.5) is 13.2 Å². The number of halogens is 3. The van der Waals surface area contributed by atoms with Crippen LogP contribution in [0.5, 0.6) is 0 Å². The van der Waals surface area contributed by atoms with Crippen molar-refractivity contribution in [2.75, 3.05) is 7.11 Å². The van der Waals surface area contributed by atoms with E-state index in [1.165, 1.54) is 0 Å². The molecule has 0 N–H and O–H groups in total. The molecule has 0 saturated heterocycles. The molecular weight excluding hydrogens is 304 g/mol. The molecule has 0 amide bonds. The highest BCUT2D eigenvalue weighted by atomic mass is 19.4. The third-order valence-corrected chi connectivity index (χ3v) is 3.44. The van der Waals surface area contributed by atoms with Crippen molar-refractivity contribution >= 4 is 29.9 Å². The molecule has 2 rings (SSSR count). The van der Waals surface area contributed by atoms with Gasteiger partial charge in [0.15, 0.2) is 5.71 Å². The maximum absolute atomic E-state index is 13.0. The minimum absolute atomic E-state index is 0.344. The highest BCUT2D eigenvalue weighted by Gasteiger charge is 2.37. The molecule has 2 aromatic rings. The van der Waals surface area contributed by atoms with Crippen molar-refractivity contribution in [3.05, 3.63) is 30.0 Å². The fraction of sp³-hybridized carbons (Fsp3) is 0.438. The van der Waals surface area contributed by atoms with E-state index < -0.39 is 11.9 Å². The lowest BCUT2D eigenvalue weighted by Gasteiger charge is -2.09. The molecule has 0 spiro atoms. The second-order valence-electron chi connectivity index (χ2n) is 5.87. The molecule has 0 aliphatic rings. The Balaban J connectivity index is 2.50. The van der Waals surface area contributed by atoms with Crippen LogP contribution in [0.3, 0.4) is 0 Å².